The molecule has 0 aliphatic rings. The summed E-state index contributed by atoms with van der Waals surface area (Å²) in [7, 11) is 3.49. The van der Waals surface area contributed by atoms with Crippen LogP contribution in [0.4, 0.5) is 0 Å². The Balaban J connectivity index is 0.00000264. The van der Waals surface area contributed by atoms with Crippen LogP contribution in [-0.4, -0.2) is 46.2 Å². The van der Waals surface area contributed by atoms with Gasteiger partial charge in [0.05, 0.1) is 13.7 Å². The van der Waals surface area contributed by atoms with Gasteiger partial charge in [-0.2, -0.15) is 0 Å². The van der Waals surface area contributed by atoms with E-state index in [9.17, 15) is 0 Å². The minimum Gasteiger partial charge on any atom is -1.00 e. The predicted molar refractivity (Wildman–Crippen MR) is 85.4 cm³/mol. The van der Waals surface area contributed by atoms with Crippen LogP contribution in [0, 0.1) is 0 Å². The SMILES string of the molecule is CCOc1c(CNCCSc2nnnn2C)cccc1OC.[Cl-]. The molecule has 1 N–H and O–H groups in total. The fraction of sp³-hybridized carbons (Fsp3) is 0.500. The van der Waals surface area contributed by atoms with Crippen LogP contribution in [-0.2, 0) is 13.6 Å². The number of thioether (sulfide) groups is 1. The fourth-order valence-electron chi connectivity index (χ4n) is 1.95. The first kappa shape index (κ1) is 19.5. The fourth-order valence-corrected chi connectivity index (χ4v) is 2.70. The molecule has 7 nitrogen and oxygen atoms in total. The van der Waals surface area contributed by atoms with Crippen molar-refractivity contribution < 1.29 is 21.9 Å². The van der Waals surface area contributed by atoms with Gasteiger partial charge in [0, 0.05) is 31.5 Å². The number of tetrazole rings is 1. The molecule has 0 atom stereocenters. The lowest BCUT2D eigenvalue weighted by atomic mass is 10.2. The molecule has 2 rings (SSSR count). The number of nitrogens with zero attached hydrogens (tertiary/aromatic N) is 4. The standard InChI is InChI=1S/C14H21N5O2S.ClH/c1-4-21-13-11(6-5-7-12(13)20-3)10-15-8-9-22-14-16-17-18-19(14)2;/h5-7,15H,4,8-10H2,1-3H3;1H/p-1. The summed E-state index contributed by atoms with van der Waals surface area (Å²) in [5.41, 5.74) is 1.09. The van der Waals surface area contributed by atoms with Gasteiger partial charge in [-0.25, -0.2) is 4.68 Å². The van der Waals surface area contributed by atoms with Gasteiger partial charge < -0.3 is 27.2 Å². The smallest absolute Gasteiger partial charge is 0.209 e. The van der Waals surface area contributed by atoms with Gasteiger partial charge in [0.1, 0.15) is 0 Å². The van der Waals surface area contributed by atoms with Crippen LogP contribution in [0.2, 0.25) is 0 Å². The van der Waals surface area contributed by atoms with Gasteiger partial charge in [-0.15, -0.1) is 5.10 Å². The highest BCUT2D eigenvalue weighted by molar-refractivity contribution is 7.99. The largest absolute Gasteiger partial charge is 1.00 e. The van der Waals surface area contributed by atoms with Gasteiger partial charge in [-0.05, 0) is 23.4 Å². The van der Waals surface area contributed by atoms with Crippen molar-refractivity contribution in [1.82, 2.24) is 25.5 Å². The molecule has 0 fully saturated rings. The molecular formula is C14H21ClN5O2S-. The molecule has 128 valence electrons. The summed E-state index contributed by atoms with van der Waals surface area (Å²) in [6.45, 7) is 4.15. The summed E-state index contributed by atoms with van der Waals surface area (Å²) in [5, 5.41) is 15.6. The van der Waals surface area contributed by atoms with Gasteiger partial charge in [0.2, 0.25) is 5.16 Å². The molecule has 0 aliphatic heterocycles. The number of methoxy groups -OCH3 is 1. The van der Waals surface area contributed by atoms with Crippen LogP contribution < -0.4 is 27.2 Å². The van der Waals surface area contributed by atoms with Gasteiger partial charge >= 0.3 is 0 Å². The summed E-state index contributed by atoms with van der Waals surface area (Å²) in [6, 6.07) is 5.92. The molecule has 0 aliphatic carbocycles. The Morgan fingerprint density at radius 3 is 2.83 bits per heavy atom. The first-order valence-corrected chi connectivity index (χ1v) is 8.09. The molecule has 0 bridgehead atoms. The number of halogens is 1. The van der Waals surface area contributed by atoms with Gasteiger partial charge in [-0.3, -0.25) is 0 Å². The van der Waals surface area contributed by atoms with Crippen LogP contribution in [0.3, 0.4) is 0 Å². The average molecular weight is 359 g/mol. The molecular weight excluding hydrogens is 338 g/mol. The normalized spacial score (nSPS) is 10.2. The van der Waals surface area contributed by atoms with Crippen molar-refractivity contribution in [2.45, 2.75) is 18.6 Å². The number of ether oxygens (including phenoxy) is 2. The number of rotatable bonds is 9. The monoisotopic (exact) mass is 358 g/mol. The average Bonchev–Trinajstić information content (AvgIpc) is 2.93. The third-order valence-corrected chi connectivity index (χ3v) is 3.99. The molecule has 0 saturated heterocycles. The number of hydrogen-bond donors (Lipinski definition) is 1. The lowest BCUT2D eigenvalue weighted by Gasteiger charge is -2.14. The molecule has 1 aromatic heterocycles. The summed E-state index contributed by atoms with van der Waals surface area (Å²) >= 11 is 1.62. The van der Waals surface area contributed by atoms with E-state index in [1.165, 1.54) is 0 Å². The molecule has 23 heavy (non-hydrogen) atoms. The number of aromatic nitrogens is 4. The Morgan fingerprint density at radius 1 is 1.35 bits per heavy atom. The van der Waals surface area contributed by atoms with E-state index in [2.05, 4.69) is 20.8 Å². The van der Waals surface area contributed by atoms with Gasteiger partial charge in [-0.1, -0.05) is 23.9 Å². The maximum Gasteiger partial charge on any atom is 0.209 e. The zero-order valence-electron chi connectivity index (χ0n) is 13.5. The van der Waals surface area contributed by atoms with E-state index < -0.39 is 0 Å². The Kier molecular flexibility index (Phi) is 8.75. The first-order valence-electron chi connectivity index (χ1n) is 7.10. The maximum absolute atomic E-state index is 5.69. The lowest BCUT2D eigenvalue weighted by Crippen LogP contribution is -3.00. The number of aryl methyl sites for hydroxylation is 1. The molecule has 0 amide bonds. The van der Waals surface area contributed by atoms with Crippen LogP contribution in [0.25, 0.3) is 0 Å². The maximum atomic E-state index is 5.69. The summed E-state index contributed by atoms with van der Waals surface area (Å²) in [5.74, 6) is 2.47. The highest BCUT2D eigenvalue weighted by Gasteiger charge is 2.09. The van der Waals surface area contributed by atoms with E-state index in [4.69, 9.17) is 9.47 Å². The highest BCUT2D eigenvalue weighted by Crippen LogP contribution is 2.30. The number of hydrogen-bond acceptors (Lipinski definition) is 7. The van der Waals surface area contributed by atoms with Crippen molar-refractivity contribution in [2.24, 2.45) is 7.05 Å². The van der Waals surface area contributed by atoms with E-state index in [-0.39, 0.29) is 12.4 Å². The minimum absolute atomic E-state index is 0. The van der Waals surface area contributed by atoms with Crippen LogP contribution in [0.15, 0.2) is 23.4 Å². The van der Waals surface area contributed by atoms with Crippen molar-refractivity contribution in [3.8, 4) is 11.5 Å². The van der Waals surface area contributed by atoms with Crippen molar-refractivity contribution in [2.75, 3.05) is 26.0 Å². The number of benzene rings is 1. The lowest BCUT2D eigenvalue weighted by molar-refractivity contribution is -0.00000550. The number of nitrogens with one attached hydrogen (secondary N) is 1. The molecule has 9 heteroatoms. The molecule has 0 unspecified atom stereocenters. The van der Waals surface area contributed by atoms with Crippen LogP contribution in [0.1, 0.15) is 12.5 Å². The molecule has 1 aromatic carbocycles. The van der Waals surface area contributed by atoms with Crippen LogP contribution in [0.5, 0.6) is 11.5 Å². The first-order chi connectivity index (χ1) is 10.8. The molecule has 2 aromatic rings. The van der Waals surface area contributed by atoms with E-state index in [1.54, 1.807) is 23.6 Å². The third kappa shape index (κ3) is 5.56. The van der Waals surface area contributed by atoms with Gasteiger partial charge in [0.15, 0.2) is 11.5 Å². The minimum atomic E-state index is 0. The second-order valence-electron chi connectivity index (χ2n) is 4.49. The van der Waals surface area contributed by atoms with Crippen molar-refractivity contribution in [3.05, 3.63) is 23.8 Å². The van der Waals surface area contributed by atoms with Gasteiger partial charge in [0.25, 0.3) is 0 Å². The third-order valence-electron chi connectivity index (χ3n) is 2.98. The van der Waals surface area contributed by atoms with Crippen molar-refractivity contribution in [1.29, 1.82) is 0 Å². The topological polar surface area (TPSA) is 74.1 Å². The summed E-state index contributed by atoms with van der Waals surface area (Å²) in [6.07, 6.45) is 0. The Labute approximate surface area is 146 Å². The van der Waals surface area contributed by atoms with E-state index in [0.29, 0.717) is 6.61 Å². The van der Waals surface area contributed by atoms with E-state index >= 15 is 0 Å². The van der Waals surface area contributed by atoms with E-state index in [1.807, 2.05) is 32.2 Å². The quantitative estimate of drug-likeness (QED) is 0.432. The van der Waals surface area contributed by atoms with Crippen LogP contribution >= 0.6 is 11.8 Å². The molecule has 1 heterocycles. The van der Waals surface area contributed by atoms with Crippen molar-refractivity contribution >= 4 is 11.8 Å². The zero-order chi connectivity index (χ0) is 15.8. The second kappa shape index (κ2) is 10.3. The summed E-state index contributed by atoms with van der Waals surface area (Å²) < 4.78 is 12.7. The Morgan fingerprint density at radius 2 is 2.17 bits per heavy atom. The Bertz CT molecular complexity index is 596. The second-order valence-corrected chi connectivity index (χ2v) is 5.55. The molecule has 0 radical (unpaired) electrons. The highest BCUT2D eigenvalue weighted by atomic mass is 35.5. The summed E-state index contributed by atoms with van der Waals surface area (Å²) in [4.78, 5) is 0. The van der Waals surface area contributed by atoms with Crippen molar-refractivity contribution in [3.63, 3.8) is 0 Å². The Hall–Kier alpha value is -1.51. The zero-order valence-corrected chi connectivity index (χ0v) is 15.0. The number of para-hydroxylation sites is 1. The van der Waals surface area contributed by atoms with E-state index in [0.717, 1.165) is 41.1 Å². The predicted octanol–water partition coefficient (Wildman–Crippen LogP) is -1.50. The molecule has 0 saturated carbocycles. The molecule has 0 spiro atoms.